The molecule has 1 N–H and O–H groups in total. The van der Waals surface area contributed by atoms with Gasteiger partial charge in [-0.15, -0.1) is 0 Å². The molecule has 2 aromatic carbocycles. The van der Waals surface area contributed by atoms with Crippen molar-refractivity contribution in [2.24, 2.45) is 0 Å². The molecule has 0 radical (unpaired) electrons. The Kier molecular flexibility index (Phi) is 5.65. The molecule has 0 fully saturated rings. The lowest BCUT2D eigenvalue weighted by Gasteiger charge is -2.13. The number of aryl methyl sites for hydroxylation is 1. The first-order valence-corrected chi connectivity index (χ1v) is 7.62. The molecule has 0 spiro atoms. The van der Waals surface area contributed by atoms with Gasteiger partial charge in [-0.1, -0.05) is 17.7 Å². The number of ether oxygens (including phenoxy) is 2. The zero-order valence-corrected chi connectivity index (χ0v) is 14.2. The van der Waals surface area contributed by atoms with E-state index >= 15 is 0 Å². The molecule has 2 rings (SSSR count). The Bertz CT molecular complexity index is 614. The van der Waals surface area contributed by atoms with Crippen molar-refractivity contribution in [3.05, 3.63) is 57.6 Å². The summed E-state index contributed by atoms with van der Waals surface area (Å²) in [7, 11) is 3.61. The molecule has 0 atom stereocenters. The molecule has 0 amide bonds. The first kappa shape index (κ1) is 15.9. The molecular weight excluding hydrogens is 330 g/mol. The van der Waals surface area contributed by atoms with Gasteiger partial charge in [-0.2, -0.15) is 0 Å². The Morgan fingerprint density at radius 1 is 1.10 bits per heavy atom. The molecule has 112 valence electrons. The van der Waals surface area contributed by atoms with Crippen LogP contribution in [0.25, 0.3) is 0 Å². The Hall–Kier alpha value is -1.52. The standard InChI is InChI=1S/C17H20BrNO2/c1-12-4-6-16(20-3)14(8-12)11-21-17-7-5-13(10-19-2)9-15(17)18/h4-9,19H,10-11H2,1-3H3. The van der Waals surface area contributed by atoms with Gasteiger partial charge >= 0.3 is 0 Å². The molecular formula is C17H20BrNO2. The number of hydrogen-bond acceptors (Lipinski definition) is 3. The average molecular weight is 350 g/mol. The molecule has 0 aromatic heterocycles. The van der Waals surface area contributed by atoms with Crippen molar-refractivity contribution in [2.75, 3.05) is 14.2 Å². The average Bonchev–Trinajstić information content (AvgIpc) is 2.47. The van der Waals surface area contributed by atoms with E-state index < -0.39 is 0 Å². The van der Waals surface area contributed by atoms with Crippen LogP contribution in [-0.4, -0.2) is 14.2 Å². The topological polar surface area (TPSA) is 30.5 Å². The summed E-state index contributed by atoms with van der Waals surface area (Å²) in [5.41, 5.74) is 3.45. The van der Waals surface area contributed by atoms with E-state index in [0.29, 0.717) is 6.61 Å². The van der Waals surface area contributed by atoms with Crippen LogP contribution in [0.3, 0.4) is 0 Å². The zero-order chi connectivity index (χ0) is 15.2. The van der Waals surface area contributed by atoms with Gasteiger partial charge in [0.15, 0.2) is 0 Å². The van der Waals surface area contributed by atoms with Crippen molar-refractivity contribution in [3.63, 3.8) is 0 Å². The van der Waals surface area contributed by atoms with Crippen molar-refractivity contribution in [2.45, 2.75) is 20.1 Å². The maximum absolute atomic E-state index is 5.91. The third-order valence-electron chi connectivity index (χ3n) is 3.20. The van der Waals surface area contributed by atoms with Gasteiger partial charge in [0.25, 0.3) is 0 Å². The second kappa shape index (κ2) is 7.48. The Morgan fingerprint density at radius 2 is 1.86 bits per heavy atom. The number of rotatable bonds is 6. The maximum atomic E-state index is 5.91. The summed E-state index contributed by atoms with van der Waals surface area (Å²) >= 11 is 3.56. The lowest BCUT2D eigenvalue weighted by atomic mass is 10.1. The van der Waals surface area contributed by atoms with Gasteiger partial charge in [-0.05, 0) is 59.7 Å². The van der Waals surface area contributed by atoms with Gasteiger partial charge in [-0.3, -0.25) is 0 Å². The fraction of sp³-hybridized carbons (Fsp3) is 0.294. The Balaban J connectivity index is 2.11. The lowest BCUT2D eigenvalue weighted by Crippen LogP contribution is -2.05. The van der Waals surface area contributed by atoms with Crippen LogP contribution < -0.4 is 14.8 Å². The van der Waals surface area contributed by atoms with Crippen LogP contribution in [0.15, 0.2) is 40.9 Å². The highest BCUT2D eigenvalue weighted by Crippen LogP contribution is 2.28. The van der Waals surface area contributed by atoms with Gasteiger partial charge in [0.2, 0.25) is 0 Å². The Labute approximate surface area is 134 Å². The van der Waals surface area contributed by atoms with Gasteiger partial charge in [0.1, 0.15) is 18.1 Å². The summed E-state index contributed by atoms with van der Waals surface area (Å²) in [5, 5.41) is 3.13. The van der Waals surface area contributed by atoms with Crippen molar-refractivity contribution >= 4 is 15.9 Å². The summed E-state index contributed by atoms with van der Waals surface area (Å²) < 4.78 is 12.2. The SMILES string of the molecule is CNCc1ccc(OCc2cc(C)ccc2OC)c(Br)c1. The highest BCUT2D eigenvalue weighted by molar-refractivity contribution is 9.10. The molecule has 21 heavy (non-hydrogen) atoms. The van der Waals surface area contributed by atoms with Gasteiger partial charge < -0.3 is 14.8 Å². The molecule has 0 aliphatic carbocycles. The summed E-state index contributed by atoms with van der Waals surface area (Å²) in [4.78, 5) is 0. The number of nitrogens with one attached hydrogen (secondary N) is 1. The second-order valence-electron chi connectivity index (χ2n) is 4.90. The van der Waals surface area contributed by atoms with E-state index in [4.69, 9.17) is 9.47 Å². The number of hydrogen-bond donors (Lipinski definition) is 1. The minimum absolute atomic E-state index is 0.481. The molecule has 0 saturated heterocycles. The van der Waals surface area contributed by atoms with Crippen LogP contribution in [-0.2, 0) is 13.2 Å². The van der Waals surface area contributed by atoms with Crippen LogP contribution in [0, 0.1) is 6.92 Å². The lowest BCUT2D eigenvalue weighted by molar-refractivity contribution is 0.294. The summed E-state index contributed by atoms with van der Waals surface area (Å²) in [6, 6.07) is 12.2. The van der Waals surface area contributed by atoms with Gasteiger partial charge in [-0.25, -0.2) is 0 Å². The molecule has 0 saturated carbocycles. The number of halogens is 1. The smallest absolute Gasteiger partial charge is 0.134 e. The van der Waals surface area contributed by atoms with E-state index in [1.165, 1.54) is 11.1 Å². The second-order valence-corrected chi connectivity index (χ2v) is 5.75. The Morgan fingerprint density at radius 3 is 2.52 bits per heavy atom. The third kappa shape index (κ3) is 4.22. The molecule has 0 aliphatic rings. The van der Waals surface area contributed by atoms with E-state index in [1.807, 2.05) is 25.2 Å². The molecule has 2 aromatic rings. The first-order chi connectivity index (χ1) is 10.1. The zero-order valence-electron chi connectivity index (χ0n) is 12.6. The summed E-state index contributed by atoms with van der Waals surface area (Å²) in [6.07, 6.45) is 0. The van der Waals surface area contributed by atoms with E-state index in [1.54, 1.807) is 7.11 Å². The van der Waals surface area contributed by atoms with Crippen LogP contribution in [0.1, 0.15) is 16.7 Å². The third-order valence-corrected chi connectivity index (χ3v) is 3.82. The predicted octanol–water partition coefficient (Wildman–Crippen LogP) is 4.06. The van der Waals surface area contributed by atoms with Crippen LogP contribution in [0.2, 0.25) is 0 Å². The van der Waals surface area contributed by atoms with Gasteiger partial charge in [0, 0.05) is 12.1 Å². The van der Waals surface area contributed by atoms with E-state index in [9.17, 15) is 0 Å². The quantitative estimate of drug-likeness (QED) is 0.852. The number of benzene rings is 2. The van der Waals surface area contributed by atoms with Crippen molar-refractivity contribution in [1.29, 1.82) is 0 Å². The predicted molar refractivity (Wildman–Crippen MR) is 89.0 cm³/mol. The highest BCUT2D eigenvalue weighted by atomic mass is 79.9. The minimum atomic E-state index is 0.481. The van der Waals surface area contributed by atoms with Crippen LogP contribution in [0.5, 0.6) is 11.5 Å². The molecule has 0 bridgehead atoms. The van der Waals surface area contributed by atoms with E-state index in [2.05, 4.69) is 46.4 Å². The van der Waals surface area contributed by atoms with Crippen LogP contribution in [0.4, 0.5) is 0 Å². The molecule has 0 unspecified atom stereocenters. The van der Waals surface area contributed by atoms with Crippen molar-refractivity contribution < 1.29 is 9.47 Å². The van der Waals surface area contributed by atoms with E-state index in [0.717, 1.165) is 28.1 Å². The van der Waals surface area contributed by atoms with Gasteiger partial charge in [0.05, 0.1) is 11.6 Å². The van der Waals surface area contributed by atoms with Crippen LogP contribution >= 0.6 is 15.9 Å². The molecule has 3 nitrogen and oxygen atoms in total. The summed E-state index contributed by atoms with van der Waals surface area (Å²) in [5.74, 6) is 1.68. The molecule has 0 aliphatic heterocycles. The van der Waals surface area contributed by atoms with Crippen molar-refractivity contribution in [3.8, 4) is 11.5 Å². The van der Waals surface area contributed by atoms with E-state index in [-0.39, 0.29) is 0 Å². The minimum Gasteiger partial charge on any atom is -0.496 e. The maximum Gasteiger partial charge on any atom is 0.134 e. The fourth-order valence-electron chi connectivity index (χ4n) is 2.15. The summed E-state index contributed by atoms with van der Waals surface area (Å²) in [6.45, 7) is 3.38. The largest absolute Gasteiger partial charge is 0.496 e. The number of methoxy groups -OCH3 is 1. The molecule has 4 heteroatoms. The van der Waals surface area contributed by atoms with Crippen molar-refractivity contribution in [1.82, 2.24) is 5.32 Å². The highest BCUT2D eigenvalue weighted by Gasteiger charge is 2.07. The normalized spacial score (nSPS) is 10.5. The monoisotopic (exact) mass is 349 g/mol. The fourth-order valence-corrected chi connectivity index (χ4v) is 2.69. The molecule has 0 heterocycles. The first-order valence-electron chi connectivity index (χ1n) is 6.83.